The Morgan fingerprint density at radius 3 is 2.68 bits per heavy atom. The van der Waals surface area contributed by atoms with Crippen LogP contribution in [-0.4, -0.2) is 21.7 Å². The van der Waals surface area contributed by atoms with Gasteiger partial charge in [-0.05, 0) is 31.4 Å². The third kappa shape index (κ3) is 4.03. The molecule has 1 aromatic carbocycles. The van der Waals surface area contributed by atoms with Gasteiger partial charge in [0.1, 0.15) is 6.54 Å². The van der Waals surface area contributed by atoms with Crippen molar-refractivity contribution in [2.75, 3.05) is 11.6 Å². The van der Waals surface area contributed by atoms with Crippen LogP contribution in [0.2, 0.25) is 10.0 Å². The van der Waals surface area contributed by atoms with Gasteiger partial charge in [0.15, 0.2) is 5.16 Å². The molecule has 0 radical (unpaired) electrons. The van der Waals surface area contributed by atoms with Crippen molar-refractivity contribution < 1.29 is 4.79 Å². The third-order valence-electron chi connectivity index (χ3n) is 2.79. The van der Waals surface area contributed by atoms with Crippen LogP contribution in [0.5, 0.6) is 0 Å². The predicted molar refractivity (Wildman–Crippen MR) is 90.1 cm³/mol. The van der Waals surface area contributed by atoms with E-state index in [0.29, 0.717) is 26.6 Å². The maximum Gasteiger partial charge on any atom is 0.254 e. The van der Waals surface area contributed by atoms with Crippen LogP contribution in [0.15, 0.2) is 34.2 Å². The number of hydrogen-bond donors (Lipinski definition) is 1. The highest BCUT2D eigenvalue weighted by atomic mass is 35.5. The number of aryl methyl sites for hydroxylation is 1. The Bertz CT molecular complexity index is 777. The highest BCUT2D eigenvalue weighted by Crippen LogP contribution is 2.25. The van der Waals surface area contributed by atoms with Crippen LogP contribution in [0.1, 0.15) is 5.69 Å². The number of nitrogens with one attached hydrogen (secondary N) is 1. The Hall–Kier alpha value is -1.50. The molecule has 0 saturated carbocycles. The van der Waals surface area contributed by atoms with E-state index in [0.717, 1.165) is 0 Å². The number of aromatic nitrogens is 2. The molecule has 0 aliphatic rings. The molecule has 5 nitrogen and oxygen atoms in total. The molecular weight excluding hydrogens is 345 g/mol. The maximum absolute atomic E-state index is 12.1. The van der Waals surface area contributed by atoms with E-state index in [1.54, 1.807) is 31.4 Å². The van der Waals surface area contributed by atoms with E-state index >= 15 is 0 Å². The Labute approximate surface area is 141 Å². The zero-order valence-electron chi connectivity index (χ0n) is 11.9. The lowest BCUT2D eigenvalue weighted by Crippen LogP contribution is -2.29. The van der Waals surface area contributed by atoms with Crippen LogP contribution in [0.25, 0.3) is 0 Å². The van der Waals surface area contributed by atoms with E-state index in [1.807, 2.05) is 0 Å². The van der Waals surface area contributed by atoms with Crippen molar-refractivity contribution in [1.29, 1.82) is 0 Å². The zero-order valence-corrected chi connectivity index (χ0v) is 14.2. The number of thioether (sulfide) groups is 1. The van der Waals surface area contributed by atoms with Crippen molar-refractivity contribution in [3.05, 3.63) is 50.4 Å². The fraction of sp³-hybridized carbons (Fsp3) is 0.214. The number of amides is 1. The third-order valence-corrected chi connectivity index (χ3v) is 4.20. The van der Waals surface area contributed by atoms with Crippen molar-refractivity contribution in [2.24, 2.45) is 0 Å². The second kappa shape index (κ2) is 7.17. The minimum absolute atomic E-state index is 0.122. The number of carbonyl (C=O) groups is 1. The molecule has 0 atom stereocenters. The van der Waals surface area contributed by atoms with Crippen LogP contribution in [0, 0.1) is 6.92 Å². The number of rotatable bonds is 4. The number of hydrogen-bond acceptors (Lipinski definition) is 4. The van der Waals surface area contributed by atoms with E-state index in [9.17, 15) is 9.59 Å². The zero-order chi connectivity index (χ0) is 16.3. The van der Waals surface area contributed by atoms with Gasteiger partial charge in [-0.25, -0.2) is 4.98 Å². The fourth-order valence-corrected chi connectivity index (χ4v) is 2.72. The lowest BCUT2D eigenvalue weighted by molar-refractivity contribution is -0.116. The molecule has 1 amide bonds. The smallest absolute Gasteiger partial charge is 0.254 e. The molecule has 0 aliphatic heterocycles. The standard InChI is InChI=1S/C14H13Cl2N3O2S/c1-8-5-13(21)19(14(17-8)22-2)7-12(20)18-9-3-4-10(15)11(16)6-9/h3-6H,7H2,1-2H3,(H,18,20). The van der Waals surface area contributed by atoms with Gasteiger partial charge in [0.25, 0.3) is 5.56 Å². The quantitative estimate of drug-likeness (QED) is 0.673. The van der Waals surface area contributed by atoms with E-state index in [2.05, 4.69) is 10.3 Å². The summed E-state index contributed by atoms with van der Waals surface area (Å²) in [4.78, 5) is 28.3. The van der Waals surface area contributed by atoms with E-state index in [4.69, 9.17) is 23.2 Å². The van der Waals surface area contributed by atoms with Gasteiger partial charge < -0.3 is 5.32 Å². The molecule has 116 valence electrons. The number of nitrogens with zero attached hydrogens (tertiary/aromatic N) is 2. The van der Waals surface area contributed by atoms with Crippen LogP contribution >= 0.6 is 35.0 Å². The minimum atomic E-state index is -0.346. The lowest BCUT2D eigenvalue weighted by Gasteiger charge is -2.11. The second-order valence-corrected chi connectivity index (χ2v) is 6.07. The summed E-state index contributed by atoms with van der Waals surface area (Å²) < 4.78 is 1.32. The Kier molecular flexibility index (Phi) is 5.50. The molecule has 1 heterocycles. The predicted octanol–water partition coefficient (Wildman–Crippen LogP) is 3.22. The van der Waals surface area contributed by atoms with Gasteiger partial charge >= 0.3 is 0 Å². The van der Waals surface area contributed by atoms with Gasteiger partial charge in [-0.1, -0.05) is 35.0 Å². The van der Waals surface area contributed by atoms with Crippen molar-refractivity contribution in [3.8, 4) is 0 Å². The number of carbonyl (C=O) groups excluding carboxylic acids is 1. The first kappa shape index (κ1) is 16.9. The maximum atomic E-state index is 12.1. The number of anilines is 1. The van der Waals surface area contributed by atoms with Crippen LogP contribution in [-0.2, 0) is 11.3 Å². The van der Waals surface area contributed by atoms with Gasteiger partial charge in [-0.15, -0.1) is 0 Å². The molecule has 0 fully saturated rings. The normalized spacial score (nSPS) is 10.5. The molecule has 2 aromatic rings. The average molecular weight is 358 g/mol. The highest BCUT2D eigenvalue weighted by Gasteiger charge is 2.11. The van der Waals surface area contributed by atoms with Gasteiger partial charge in [0.05, 0.1) is 10.0 Å². The first-order valence-electron chi connectivity index (χ1n) is 6.28. The average Bonchev–Trinajstić information content (AvgIpc) is 2.45. The van der Waals surface area contributed by atoms with E-state index in [1.165, 1.54) is 22.4 Å². The Balaban J connectivity index is 2.19. The molecule has 22 heavy (non-hydrogen) atoms. The molecule has 0 bridgehead atoms. The summed E-state index contributed by atoms with van der Waals surface area (Å²) in [5.74, 6) is -0.346. The van der Waals surface area contributed by atoms with Gasteiger partial charge in [-0.2, -0.15) is 0 Å². The van der Waals surface area contributed by atoms with Gasteiger partial charge in [0.2, 0.25) is 5.91 Å². The summed E-state index contributed by atoms with van der Waals surface area (Å²) in [6.07, 6.45) is 1.80. The van der Waals surface area contributed by atoms with Crippen LogP contribution in [0.3, 0.4) is 0 Å². The van der Waals surface area contributed by atoms with E-state index < -0.39 is 0 Å². The fourth-order valence-electron chi connectivity index (χ4n) is 1.81. The highest BCUT2D eigenvalue weighted by molar-refractivity contribution is 7.98. The van der Waals surface area contributed by atoms with Crippen molar-refractivity contribution in [3.63, 3.8) is 0 Å². The van der Waals surface area contributed by atoms with Crippen LogP contribution < -0.4 is 10.9 Å². The first-order chi connectivity index (χ1) is 10.4. The largest absolute Gasteiger partial charge is 0.324 e. The first-order valence-corrected chi connectivity index (χ1v) is 8.26. The Morgan fingerprint density at radius 2 is 2.05 bits per heavy atom. The molecule has 0 aliphatic carbocycles. The second-order valence-electron chi connectivity index (χ2n) is 4.49. The Morgan fingerprint density at radius 1 is 1.32 bits per heavy atom. The summed E-state index contributed by atoms with van der Waals surface area (Å²) in [5.41, 5.74) is 0.870. The van der Waals surface area contributed by atoms with Crippen molar-refractivity contribution >= 4 is 46.6 Å². The van der Waals surface area contributed by atoms with E-state index in [-0.39, 0.29) is 18.0 Å². The summed E-state index contributed by atoms with van der Waals surface area (Å²) in [6, 6.07) is 6.17. The van der Waals surface area contributed by atoms with Gasteiger partial charge in [0, 0.05) is 17.4 Å². The summed E-state index contributed by atoms with van der Waals surface area (Å²) >= 11 is 13.0. The van der Waals surface area contributed by atoms with Crippen LogP contribution in [0.4, 0.5) is 5.69 Å². The number of halogens is 2. The molecule has 0 unspecified atom stereocenters. The molecule has 8 heteroatoms. The van der Waals surface area contributed by atoms with Crippen molar-refractivity contribution in [2.45, 2.75) is 18.6 Å². The summed E-state index contributed by atoms with van der Waals surface area (Å²) in [7, 11) is 0. The number of benzene rings is 1. The molecular formula is C14H13Cl2N3O2S. The van der Waals surface area contributed by atoms with Gasteiger partial charge in [-0.3, -0.25) is 14.2 Å². The monoisotopic (exact) mass is 357 g/mol. The minimum Gasteiger partial charge on any atom is -0.324 e. The lowest BCUT2D eigenvalue weighted by atomic mass is 10.3. The van der Waals surface area contributed by atoms with Crippen molar-refractivity contribution in [1.82, 2.24) is 9.55 Å². The molecule has 1 N–H and O–H groups in total. The SMILES string of the molecule is CSc1nc(C)cc(=O)n1CC(=O)Nc1ccc(Cl)c(Cl)c1. The molecule has 0 saturated heterocycles. The molecule has 2 rings (SSSR count). The topological polar surface area (TPSA) is 64.0 Å². The molecule has 1 aromatic heterocycles. The summed E-state index contributed by atoms with van der Waals surface area (Å²) in [6.45, 7) is 1.61. The molecule has 0 spiro atoms. The summed E-state index contributed by atoms with van der Waals surface area (Å²) in [5, 5.41) is 3.92.